The van der Waals surface area contributed by atoms with E-state index in [0.29, 0.717) is 5.82 Å². The summed E-state index contributed by atoms with van der Waals surface area (Å²) >= 11 is 0. The number of amides is 1. The minimum absolute atomic E-state index is 0.144. The molecule has 9 heteroatoms. The lowest BCUT2D eigenvalue weighted by Crippen LogP contribution is -2.26. The van der Waals surface area contributed by atoms with Crippen molar-refractivity contribution in [1.82, 2.24) is 14.9 Å². The number of aromatic amines is 1. The van der Waals surface area contributed by atoms with Gasteiger partial charge in [-0.3, -0.25) is 20.8 Å². The first kappa shape index (κ1) is 14.5. The Kier molecular flexibility index (Phi) is 4.14. The third-order valence-electron chi connectivity index (χ3n) is 2.89. The topological polar surface area (TPSA) is 130 Å². The van der Waals surface area contributed by atoms with Crippen LogP contribution in [0.3, 0.4) is 0 Å². The van der Waals surface area contributed by atoms with E-state index in [0.717, 1.165) is 0 Å². The number of nitro benzene ring substituents is 1. The summed E-state index contributed by atoms with van der Waals surface area (Å²) in [6, 6.07) is 4.06. The SMILES string of the molecule is CN(Cc1ncc[nH]1)C(=O)c1ccc(NN)c([N+](=O)[O-])c1. The van der Waals surface area contributed by atoms with Gasteiger partial charge in [0.1, 0.15) is 11.5 Å². The fourth-order valence-electron chi connectivity index (χ4n) is 1.84. The van der Waals surface area contributed by atoms with Gasteiger partial charge in [-0.1, -0.05) is 0 Å². The molecule has 110 valence electrons. The van der Waals surface area contributed by atoms with Gasteiger partial charge < -0.3 is 15.3 Å². The maximum atomic E-state index is 12.3. The van der Waals surface area contributed by atoms with E-state index in [1.54, 1.807) is 19.4 Å². The number of carbonyl (C=O) groups excluding carboxylic acids is 1. The zero-order chi connectivity index (χ0) is 15.4. The molecule has 0 aliphatic carbocycles. The highest BCUT2D eigenvalue weighted by Crippen LogP contribution is 2.25. The average molecular weight is 290 g/mol. The average Bonchev–Trinajstić information content (AvgIpc) is 2.98. The Balaban J connectivity index is 2.22. The van der Waals surface area contributed by atoms with Crippen LogP contribution >= 0.6 is 0 Å². The molecule has 2 aromatic rings. The number of H-pyrrole nitrogens is 1. The van der Waals surface area contributed by atoms with Gasteiger partial charge >= 0.3 is 0 Å². The Morgan fingerprint density at radius 2 is 2.33 bits per heavy atom. The number of nitro groups is 1. The number of nitrogen functional groups attached to an aromatic ring is 1. The van der Waals surface area contributed by atoms with Gasteiger partial charge in [-0.2, -0.15) is 0 Å². The summed E-state index contributed by atoms with van der Waals surface area (Å²) in [5.41, 5.74) is 2.32. The molecular weight excluding hydrogens is 276 g/mol. The molecule has 0 radical (unpaired) electrons. The van der Waals surface area contributed by atoms with Crippen molar-refractivity contribution < 1.29 is 9.72 Å². The molecule has 1 aromatic heterocycles. The molecule has 9 nitrogen and oxygen atoms in total. The summed E-state index contributed by atoms with van der Waals surface area (Å²) in [5.74, 6) is 5.48. The molecule has 21 heavy (non-hydrogen) atoms. The Bertz CT molecular complexity index is 655. The Hall–Kier alpha value is -2.94. The lowest BCUT2D eigenvalue weighted by molar-refractivity contribution is -0.384. The molecule has 0 saturated heterocycles. The molecule has 0 bridgehead atoms. The fourth-order valence-corrected chi connectivity index (χ4v) is 1.84. The van der Waals surface area contributed by atoms with Gasteiger partial charge in [-0.25, -0.2) is 4.98 Å². The number of carbonyl (C=O) groups is 1. The van der Waals surface area contributed by atoms with E-state index in [9.17, 15) is 14.9 Å². The van der Waals surface area contributed by atoms with Gasteiger partial charge in [-0.15, -0.1) is 0 Å². The molecule has 0 fully saturated rings. The highest BCUT2D eigenvalue weighted by Gasteiger charge is 2.19. The molecule has 4 N–H and O–H groups in total. The van der Waals surface area contributed by atoms with Gasteiger partial charge in [0, 0.05) is 31.1 Å². The second-order valence-electron chi connectivity index (χ2n) is 4.33. The van der Waals surface area contributed by atoms with Crippen LogP contribution in [0.2, 0.25) is 0 Å². The van der Waals surface area contributed by atoms with Crippen molar-refractivity contribution in [3.05, 3.63) is 52.1 Å². The Morgan fingerprint density at radius 3 is 2.90 bits per heavy atom. The minimum atomic E-state index is -0.599. The van der Waals surface area contributed by atoms with Crippen LogP contribution in [0.1, 0.15) is 16.2 Å². The van der Waals surface area contributed by atoms with E-state index in [4.69, 9.17) is 5.84 Å². The molecule has 0 aliphatic rings. The van der Waals surface area contributed by atoms with E-state index in [1.165, 1.54) is 23.1 Å². The van der Waals surface area contributed by atoms with Crippen LogP contribution in [0.4, 0.5) is 11.4 Å². The molecule has 1 amide bonds. The highest BCUT2D eigenvalue weighted by atomic mass is 16.6. The van der Waals surface area contributed by atoms with E-state index < -0.39 is 4.92 Å². The standard InChI is InChI=1S/C12H14N6O3/c1-17(7-11-14-4-5-15-11)12(19)8-2-3-9(16-13)10(6-8)18(20)21/h2-6,16H,7,13H2,1H3,(H,14,15). The first-order valence-corrected chi connectivity index (χ1v) is 6.01. The molecule has 0 saturated carbocycles. The Labute approximate surface area is 119 Å². The van der Waals surface area contributed by atoms with Crippen LogP contribution in [0.5, 0.6) is 0 Å². The van der Waals surface area contributed by atoms with E-state index in [-0.39, 0.29) is 29.4 Å². The van der Waals surface area contributed by atoms with E-state index in [2.05, 4.69) is 15.4 Å². The molecular formula is C12H14N6O3. The van der Waals surface area contributed by atoms with Crippen LogP contribution in [0, 0.1) is 10.1 Å². The zero-order valence-electron chi connectivity index (χ0n) is 11.2. The molecule has 0 aliphatic heterocycles. The predicted molar refractivity (Wildman–Crippen MR) is 75.3 cm³/mol. The predicted octanol–water partition coefficient (Wildman–Crippen LogP) is 0.876. The monoisotopic (exact) mass is 290 g/mol. The lowest BCUT2D eigenvalue weighted by atomic mass is 10.1. The second kappa shape index (κ2) is 6.01. The van der Waals surface area contributed by atoms with Crippen molar-refractivity contribution in [2.24, 2.45) is 5.84 Å². The molecule has 1 aromatic carbocycles. The summed E-state index contributed by atoms with van der Waals surface area (Å²) in [5, 5.41) is 11.0. The normalized spacial score (nSPS) is 10.2. The molecule has 0 atom stereocenters. The van der Waals surface area contributed by atoms with Gasteiger partial charge in [0.2, 0.25) is 0 Å². The van der Waals surface area contributed by atoms with Gasteiger partial charge in [0.25, 0.3) is 11.6 Å². The van der Waals surface area contributed by atoms with Gasteiger partial charge in [0.15, 0.2) is 0 Å². The first-order valence-electron chi connectivity index (χ1n) is 6.01. The summed E-state index contributed by atoms with van der Waals surface area (Å²) in [6.45, 7) is 0.274. The van der Waals surface area contributed by atoms with E-state index in [1.807, 2.05) is 0 Å². The summed E-state index contributed by atoms with van der Waals surface area (Å²) in [4.78, 5) is 30.9. The number of hydrogen-bond acceptors (Lipinski definition) is 6. The maximum Gasteiger partial charge on any atom is 0.294 e. The van der Waals surface area contributed by atoms with Crippen molar-refractivity contribution in [3.8, 4) is 0 Å². The number of nitrogens with two attached hydrogens (primary N) is 1. The van der Waals surface area contributed by atoms with Crippen LogP contribution in [-0.2, 0) is 6.54 Å². The van der Waals surface area contributed by atoms with Crippen molar-refractivity contribution in [1.29, 1.82) is 0 Å². The number of imidazole rings is 1. The quantitative estimate of drug-likeness (QED) is 0.425. The minimum Gasteiger partial charge on any atom is -0.347 e. The number of benzene rings is 1. The van der Waals surface area contributed by atoms with Gasteiger partial charge in [-0.05, 0) is 12.1 Å². The number of rotatable bonds is 5. The molecule has 0 unspecified atom stereocenters. The van der Waals surface area contributed by atoms with Crippen molar-refractivity contribution in [2.45, 2.75) is 6.54 Å². The number of anilines is 1. The smallest absolute Gasteiger partial charge is 0.294 e. The maximum absolute atomic E-state index is 12.3. The highest BCUT2D eigenvalue weighted by molar-refractivity contribution is 5.95. The zero-order valence-corrected chi connectivity index (χ0v) is 11.2. The largest absolute Gasteiger partial charge is 0.347 e. The molecule has 1 heterocycles. The number of hydrazine groups is 1. The molecule has 0 spiro atoms. The third-order valence-corrected chi connectivity index (χ3v) is 2.89. The van der Waals surface area contributed by atoms with Crippen LogP contribution in [0.25, 0.3) is 0 Å². The third kappa shape index (κ3) is 3.15. The summed E-state index contributed by atoms with van der Waals surface area (Å²) in [7, 11) is 1.59. The summed E-state index contributed by atoms with van der Waals surface area (Å²) < 4.78 is 0. The summed E-state index contributed by atoms with van der Waals surface area (Å²) in [6.07, 6.45) is 3.24. The number of aromatic nitrogens is 2. The van der Waals surface area contributed by atoms with Crippen LogP contribution < -0.4 is 11.3 Å². The first-order chi connectivity index (χ1) is 10.0. The number of nitrogens with one attached hydrogen (secondary N) is 2. The number of hydrogen-bond donors (Lipinski definition) is 3. The van der Waals surface area contributed by atoms with Crippen molar-refractivity contribution >= 4 is 17.3 Å². The second-order valence-corrected chi connectivity index (χ2v) is 4.33. The van der Waals surface area contributed by atoms with E-state index >= 15 is 0 Å². The van der Waals surface area contributed by atoms with Crippen LogP contribution in [0.15, 0.2) is 30.6 Å². The lowest BCUT2D eigenvalue weighted by Gasteiger charge is -2.16. The van der Waals surface area contributed by atoms with Gasteiger partial charge in [0.05, 0.1) is 11.5 Å². The van der Waals surface area contributed by atoms with Crippen LogP contribution in [-0.4, -0.2) is 32.7 Å². The molecule has 2 rings (SSSR count). The van der Waals surface area contributed by atoms with Crippen molar-refractivity contribution in [3.63, 3.8) is 0 Å². The Morgan fingerprint density at radius 1 is 1.57 bits per heavy atom. The fraction of sp³-hybridized carbons (Fsp3) is 0.167. The number of nitrogens with zero attached hydrogens (tertiary/aromatic N) is 3. The van der Waals surface area contributed by atoms with Crippen molar-refractivity contribution in [2.75, 3.05) is 12.5 Å².